The van der Waals surface area contributed by atoms with E-state index in [-0.39, 0.29) is 6.03 Å². The average molecular weight is 344 g/mol. The van der Waals surface area contributed by atoms with E-state index in [1.54, 1.807) is 0 Å². The van der Waals surface area contributed by atoms with Crippen molar-refractivity contribution < 1.29 is 4.79 Å². The lowest BCUT2D eigenvalue weighted by atomic mass is 10.1. The van der Waals surface area contributed by atoms with Crippen LogP contribution in [0.15, 0.2) is 42.5 Å². The Bertz CT molecular complexity index is 739. The van der Waals surface area contributed by atoms with Gasteiger partial charge in [-0.3, -0.25) is 0 Å². The first kappa shape index (κ1) is 16.7. The van der Waals surface area contributed by atoms with Crippen molar-refractivity contribution in [3.63, 3.8) is 0 Å². The molecule has 0 radical (unpaired) electrons. The summed E-state index contributed by atoms with van der Waals surface area (Å²) in [6.07, 6.45) is 0. The summed E-state index contributed by atoms with van der Waals surface area (Å²) in [5.41, 5.74) is 4.19. The first-order chi connectivity index (χ1) is 11.6. The van der Waals surface area contributed by atoms with E-state index in [0.29, 0.717) is 13.1 Å². The first-order valence-electron chi connectivity index (χ1n) is 8.18. The van der Waals surface area contributed by atoms with E-state index in [1.165, 1.54) is 0 Å². The number of carbonyl (C=O) groups is 1. The van der Waals surface area contributed by atoms with Crippen LogP contribution in [0.5, 0.6) is 0 Å². The van der Waals surface area contributed by atoms with Gasteiger partial charge >= 0.3 is 6.03 Å². The molecule has 1 N–H and O–H groups in total. The molecule has 126 valence electrons. The van der Waals surface area contributed by atoms with Crippen molar-refractivity contribution in [2.75, 3.05) is 36.4 Å². The molecule has 0 spiro atoms. The zero-order valence-corrected chi connectivity index (χ0v) is 14.8. The molecule has 2 aromatic rings. The fourth-order valence-electron chi connectivity index (χ4n) is 3.00. The number of nitrogens with one attached hydrogen (secondary N) is 1. The second-order valence-corrected chi connectivity index (χ2v) is 6.51. The number of urea groups is 1. The summed E-state index contributed by atoms with van der Waals surface area (Å²) in [5, 5.41) is 3.79. The highest BCUT2D eigenvalue weighted by Crippen LogP contribution is 2.27. The number of benzene rings is 2. The number of nitrogens with zero attached hydrogens (tertiary/aromatic N) is 2. The molecule has 3 rings (SSSR count). The normalized spacial score (nSPS) is 14.6. The smallest absolute Gasteiger partial charge is 0.321 e. The molecule has 2 aromatic carbocycles. The molecular formula is C19H22ClN3O. The molecule has 2 amide bonds. The van der Waals surface area contributed by atoms with Crippen LogP contribution < -0.4 is 10.2 Å². The van der Waals surface area contributed by atoms with Gasteiger partial charge in [-0.2, -0.15) is 0 Å². The molecule has 1 heterocycles. The van der Waals surface area contributed by atoms with Crippen molar-refractivity contribution in [3.05, 3.63) is 58.6 Å². The summed E-state index contributed by atoms with van der Waals surface area (Å²) in [7, 11) is 0. The van der Waals surface area contributed by atoms with E-state index in [0.717, 1.165) is 40.6 Å². The maximum Gasteiger partial charge on any atom is 0.321 e. The third kappa shape index (κ3) is 3.49. The third-order valence-corrected chi connectivity index (χ3v) is 4.94. The van der Waals surface area contributed by atoms with Crippen LogP contribution in [0.1, 0.15) is 11.1 Å². The SMILES string of the molecule is Cc1ccccc1NC(=O)N1CCN(c2cccc(Cl)c2C)CC1. The van der Waals surface area contributed by atoms with Crippen molar-refractivity contribution in [2.24, 2.45) is 0 Å². The minimum absolute atomic E-state index is 0.0354. The van der Waals surface area contributed by atoms with Crippen LogP contribution in [0, 0.1) is 13.8 Å². The van der Waals surface area contributed by atoms with Crippen molar-refractivity contribution in [1.29, 1.82) is 0 Å². The number of hydrogen-bond donors (Lipinski definition) is 1. The second-order valence-electron chi connectivity index (χ2n) is 6.10. The monoisotopic (exact) mass is 343 g/mol. The van der Waals surface area contributed by atoms with Gasteiger partial charge in [0.2, 0.25) is 0 Å². The molecule has 1 aliphatic heterocycles. The Morgan fingerprint density at radius 2 is 1.71 bits per heavy atom. The van der Waals surface area contributed by atoms with Crippen LogP contribution in [-0.4, -0.2) is 37.1 Å². The third-order valence-electron chi connectivity index (χ3n) is 4.53. The van der Waals surface area contributed by atoms with Gasteiger partial charge in [0.05, 0.1) is 0 Å². The lowest BCUT2D eigenvalue weighted by molar-refractivity contribution is 0.208. The standard InChI is InChI=1S/C19H22ClN3O/c1-14-6-3-4-8-17(14)21-19(24)23-12-10-22(11-13-23)18-9-5-7-16(20)15(18)2/h3-9H,10-13H2,1-2H3,(H,21,24). The van der Waals surface area contributed by atoms with Crippen molar-refractivity contribution in [1.82, 2.24) is 4.90 Å². The van der Waals surface area contributed by atoms with Gasteiger partial charge < -0.3 is 15.1 Å². The average Bonchev–Trinajstić information content (AvgIpc) is 2.59. The quantitative estimate of drug-likeness (QED) is 0.881. The number of para-hydroxylation sites is 1. The van der Waals surface area contributed by atoms with Gasteiger partial charge in [0, 0.05) is 42.6 Å². The number of piperazine rings is 1. The Kier molecular flexibility index (Phi) is 4.95. The summed E-state index contributed by atoms with van der Waals surface area (Å²) in [5.74, 6) is 0. The highest BCUT2D eigenvalue weighted by molar-refractivity contribution is 6.31. The number of aryl methyl sites for hydroxylation is 1. The molecule has 1 fully saturated rings. The molecule has 5 heteroatoms. The fraction of sp³-hybridized carbons (Fsp3) is 0.316. The Labute approximate surface area is 148 Å². The zero-order chi connectivity index (χ0) is 17.1. The van der Waals surface area contributed by atoms with Gasteiger partial charge in [0.25, 0.3) is 0 Å². The van der Waals surface area contributed by atoms with Gasteiger partial charge in [0.1, 0.15) is 0 Å². The molecule has 0 unspecified atom stereocenters. The largest absolute Gasteiger partial charge is 0.368 e. The van der Waals surface area contributed by atoms with E-state index in [9.17, 15) is 4.79 Å². The summed E-state index contributed by atoms with van der Waals surface area (Å²) in [6, 6.07) is 13.8. The van der Waals surface area contributed by atoms with E-state index < -0.39 is 0 Å². The van der Waals surface area contributed by atoms with Crippen LogP contribution >= 0.6 is 11.6 Å². The highest BCUT2D eigenvalue weighted by Gasteiger charge is 2.22. The topological polar surface area (TPSA) is 35.6 Å². The van der Waals surface area contributed by atoms with Gasteiger partial charge in [0.15, 0.2) is 0 Å². The molecule has 0 aliphatic carbocycles. The number of carbonyl (C=O) groups excluding carboxylic acids is 1. The van der Waals surface area contributed by atoms with Crippen LogP contribution in [0.25, 0.3) is 0 Å². The van der Waals surface area contributed by atoms with Gasteiger partial charge in [-0.05, 0) is 43.2 Å². The number of hydrogen-bond acceptors (Lipinski definition) is 2. The Morgan fingerprint density at radius 1 is 1.00 bits per heavy atom. The lowest BCUT2D eigenvalue weighted by Crippen LogP contribution is -2.50. The van der Waals surface area contributed by atoms with Crippen LogP contribution in [-0.2, 0) is 0 Å². The minimum Gasteiger partial charge on any atom is -0.368 e. The van der Waals surface area contributed by atoms with E-state index in [2.05, 4.69) is 16.3 Å². The molecule has 0 bridgehead atoms. The van der Waals surface area contributed by atoms with Crippen LogP contribution in [0.3, 0.4) is 0 Å². The summed E-state index contributed by atoms with van der Waals surface area (Å²) in [4.78, 5) is 16.6. The molecule has 1 saturated heterocycles. The number of anilines is 2. The molecule has 0 saturated carbocycles. The van der Waals surface area contributed by atoms with Crippen molar-refractivity contribution in [2.45, 2.75) is 13.8 Å². The van der Waals surface area contributed by atoms with Gasteiger partial charge in [-0.15, -0.1) is 0 Å². The van der Waals surface area contributed by atoms with E-state index in [4.69, 9.17) is 11.6 Å². The van der Waals surface area contributed by atoms with Crippen LogP contribution in [0.4, 0.5) is 16.2 Å². The molecule has 1 aliphatic rings. The Balaban J connectivity index is 1.62. The Morgan fingerprint density at radius 3 is 2.42 bits per heavy atom. The van der Waals surface area contributed by atoms with E-state index in [1.807, 2.05) is 55.1 Å². The highest BCUT2D eigenvalue weighted by atomic mass is 35.5. The predicted octanol–water partition coefficient (Wildman–Crippen LogP) is 4.31. The summed E-state index contributed by atoms with van der Waals surface area (Å²) in [6.45, 7) is 7.04. The maximum atomic E-state index is 12.5. The molecule has 0 atom stereocenters. The molecule has 24 heavy (non-hydrogen) atoms. The summed E-state index contributed by atoms with van der Waals surface area (Å²) >= 11 is 6.22. The molecule has 4 nitrogen and oxygen atoms in total. The maximum absolute atomic E-state index is 12.5. The van der Waals surface area contributed by atoms with Crippen molar-refractivity contribution in [3.8, 4) is 0 Å². The number of amides is 2. The summed E-state index contributed by atoms with van der Waals surface area (Å²) < 4.78 is 0. The van der Waals surface area contributed by atoms with Crippen LogP contribution in [0.2, 0.25) is 5.02 Å². The fourth-order valence-corrected chi connectivity index (χ4v) is 3.17. The minimum atomic E-state index is -0.0354. The Hall–Kier alpha value is -2.20. The lowest BCUT2D eigenvalue weighted by Gasteiger charge is -2.37. The molecular weight excluding hydrogens is 322 g/mol. The van der Waals surface area contributed by atoms with Gasteiger partial charge in [-0.1, -0.05) is 35.9 Å². The molecule has 0 aromatic heterocycles. The second kappa shape index (κ2) is 7.14. The predicted molar refractivity (Wildman–Crippen MR) is 100 cm³/mol. The van der Waals surface area contributed by atoms with Gasteiger partial charge in [-0.25, -0.2) is 4.79 Å². The first-order valence-corrected chi connectivity index (χ1v) is 8.55. The van der Waals surface area contributed by atoms with E-state index >= 15 is 0 Å². The zero-order valence-electron chi connectivity index (χ0n) is 14.1. The van der Waals surface area contributed by atoms with Crippen molar-refractivity contribution >= 4 is 29.0 Å². The number of halogens is 1. The number of rotatable bonds is 2.